The highest BCUT2D eigenvalue weighted by atomic mass is 16.2. The number of likely N-dealkylation sites (tertiary alicyclic amines) is 1. The van der Waals surface area contributed by atoms with Crippen LogP contribution >= 0.6 is 0 Å². The van der Waals surface area contributed by atoms with Gasteiger partial charge in [0, 0.05) is 25.6 Å². The largest absolute Gasteiger partial charge is 0.343 e. The summed E-state index contributed by atoms with van der Waals surface area (Å²) in [5.74, 6) is 0.626. The van der Waals surface area contributed by atoms with Crippen LogP contribution in [0, 0.1) is 11.3 Å². The number of amides is 1. The SMILES string of the molecule is CCC1(CC)CCN(C(=O)CC(N)C(C)C)CC1. The first-order chi connectivity index (χ1) is 8.44. The lowest BCUT2D eigenvalue weighted by atomic mass is 9.74. The predicted molar refractivity (Wildman–Crippen MR) is 76.3 cm³/mol. The molecule has 1 saturated heterocycles. The highest BCUT2D eigenvalue weighted by molar-refractivity contribution is 5.76. The molecule has 0 radical (unpaired) electrons. The van der Waals surface area contributed by atoms with E-state index in [1.54, 1.807) is 0 Å². The molecule has 1 aliphatic rings. The molecule has 3 nitrogen and oxygen atoms in total. The number of carbonyl (C=O) groups is 1. The fraction of sp³-hybridized carbons (Fsp3) is 0.933. The van der Waals surface area contributed by atoms with E-state index in [1.807, 2.05) is 4.90 Å². The Morgan fingerprint density at radius 1 is 1.22 bits per heavy atom. The van der Waals surface area contributed by atoms with Gasteiger partial charge in [0.05, 0.1) is 0 Å². The third-order valence-corrected chi connectivity index (χ3v) is 4.94. The lowest BCUT2D eigenvalue weighted by Crippen LogP contribution is -2.45. The Hall–Kier alpha value is -0.570. The molecule has 2 N–H and O–H groups in total. The predicted octanol–water partition coefficient (Wildman–Crippen LogP) is 2.79. The first kappa shape index (κ1) is 15.5. The molecule has 18 heavy (non-hydrogen) atoms. The van der Waals surface area contributed by atoms with Crippen LogP contribution in [0.5, 0.6) is 0 Å². The summed E-state index contributed by atoms with van der Waals surface area (Å²) in [5.41, 5.74) is 6.47. The first-order valence-electron chi connectivity index (χ1n) is 7.47. The monoisotopic (exact) mass is 254 g/mol. The van der Waals surface area contributed by atoms with Crippen molar-refractivity contribution in [3.63, 3.8) is 0 Å². The van der Waals surface area contributed by atoms with Crippen LogP contribution in [0.15, 0.2) is 0 Å². The summed E-state index contributed by atoms with van der Waals surface area (Å²) in [6, 6.07) is 0.00142. The van der Waals surface area contributed by atoms with Crippen LogP contribution in [0.1, 0.15) is 59.8 Å². The fourth-order valence-corrected chi connectivity index (χ4v) is 2.75. The van der Waals surface area contributed by atoms with Gasteiger partial charge in [-0.1, -0.05) is 40.5 Å². The molecule has 0 aromatic heterocycles. The minimum atomic E-state index is 0.00142. The van der Waals surface area contributed by atoms with Crippen molar-refractivity contribution in [2.45, 2.75) is 65.8 Å². The van der Waals surface area contributed by atoms with Crippen LogP contribution < -0.4 is 5.73 Å². The maximum absolute atomic E-state index is 12.1. The van der Waals surface area contributed by atoms with E-state index in [0.717, 1.165) is 25.9 Å². The zero-order valence-corrected chi connectivity index (χ0v) is 12.5. The molecule has 0 saturated carbocycles. The molecule has 1 amide bonds. The molecule has 1 fully saturated rings. The molecule has 1 aliphatic heterocycles. The van der Waals surface area contributed by atoms with Crippen LogP contribution in [-0.4, -0.2) is 29.9 Å². The smallest absolute Gasteiger partial charge is 0.224 e. The molecule has 1 heterocycles. The van der Waals surface area contributed by atoms with Gasteiger partial charge in [0.15, 0.2) is 0 Å². The Labute approximate surface area is 112 Å². The van der Waals surface area contributed by atoms with E-state index in [9.17, 15) is 4.79 Å². The van der Waals surface area contributed by atoms with Crippen molar-refractivity contribution in [3.8, 4) is 0 Å². The van der Waals surface area contributed by atoms with Gasteiger partial charge < -0.3 is 10.6 Å². The van der Waals surface area contributed by atoms with Gasteiger partial charge in [-0.3, -0.25) is 4.79 Å². The molecule has 3 heteroatoms. The second-order valence-electron chi connectivity index (χ2n) is 6.20. The Balaban J connectivity index is 2.45. The van der Waals surface area contributed by atoms with Crippen molar-refractivity contribution in [3.05, 3.63) is 0 Å². The average Bonchev–Trinajstić information content (AvgIpc) is 2.38. The molecule has 1 rings (SSSR count). The van der Waals surface area contributed by atoms with E-state index in [4.69, 9.17) is 5.73 Å². The first-order valence-corrected chi connectivity index (χ1v) is 7.47. The summed E-state index contributed by atoms with van der Waals surface area (Å²) < 4.78 is 0. The summed E-state index contributed by atoms with van der Waals surface area (Å²) >= 11 is 0. The minimum Gasteiger partial charge on any atom is -0.343 e. The average molecular weight is 254 g/mol. The second kappa shape index (κ2) is 6.55. The zero-order valence-electron chi connectivity index (χ0n) is 12.5. The summed E-state index contributed by atoms with van der Waals surface area (Å²) in [7, 11) is 0. The third-order valence-electron chi connectivity index (χ3n) is 4.94. The Kier molecular flexibility index (Phi) is 5.64. The van der Waals surface area contributed by atoms with E-state index < -0.39 is 0 Å². The van der Waals surface area contributed by atoms with E-state index in [2.05, 4.69) is 27.7 Å². The molecule has 0 aromatic carbocycles. The zero-order chi connectivity index (χ0) is 13.8. The topological polar surface area (TPSA) is 46.3 Å². The lowest BCUT2D eigenvalue weighted by Gasteiger charge is -2.41. The van der Waals surface area contributed by atoms with E-state index in [-0.39, 0.29) is 11.9 Å². The standard InChI is InChI=1S/C15H30N2O/c1-5-15(6-2)7-9-17(10-8-15)14(18)11-13(16)12(3)4/h12-13H,5-11,16H2,1-4H3. The van der Waals surface area contributed by atoms with Gasteiger partial charge in [0.2, 0.25) is 5.91 Å². The Morgan fingerprint density at radius 2 is 1.72 bits per heavy atom. The van der Waals surface area contributed by atoms with E-state index >= 15 is 0 Å². The van der Waals surface area contributed by atoms with Gasteiger partial charge in [-0.2, -0.15) is 0 Å². The minimum absolute atomic E-state index is 0.00142. The molecule has 106 valence electrons. The van der Waals surface area contributed by atoms with Crippen LogP contribution in [0.25, 0.3) is 0 Å². The highest BCUT2D eigenvalue weighted by Crippen LogP contribution is 2.37. The molecule has 0 aliphatic carbocycles. The number of nitrogens with zero attached hydrogens (tertiary/aromatic N) is 1. The summed E-state index contributed by atoms with van der Waals surface area (Å²) in [5, 5.41) is 0. The van der Waals surface area contributed by atoms with Crippen LogP contribution in [0.3, 0.4) is 0 Å². The number of piperidine rings is 1. The molecule has 0 spiro atoms. The van der Waals surface area contributed by atoms with Gasteiger partial charge in [-0.05, 0) is 24.2 Å². The van der Waals surface area contributed by atoms with Gasteiger partial charge in [0.1, 0.15) is 0 Å². The van der Waals surface area contributed by atoms with Crippen molar-refractivity contribution in [2.75, 3.05) is 13.1 Å². The van der Waals surface area contributed by atoms with Crippen molar-refractivity contribution in [2.24, 2.45) is 17.1 Å². The van der Waals surface area contributed by atoms with Gasteiger partial charge in [0.25, 0.3) is 0 Å². The molecular weight excluding hydrogens is 224 g/mol. The molecule has 1 atom stereocenters. The summed E-state index contributed by atoms with van der Waals surface area (Å²) in [6.07, 6.45) is 5.28. The number of carbonyl (C=O) groups excluding carboxylic acids is 1. The lowest BCUT2D eigenvalue weighted by molar-refractivity contribution is -0.134. The number of rotatable bonds is 5. The molecular formula is C15H30N2O. The maximum atomic E-state index is 12.1. The quantitative estimate of drug-likeness (QED) is 0.820. The number of nitrogens with two attached hydrogens (primary N) is 1. The van der Waals surface area contributed by atoms with E-state index in [1.165, 1.54) is 12.8 Å². The maximum Gasteiger partial charge on any atom is 0.224 e. The van der Waals surface area contributed by atoms with Crippen LogP contribution in [-0.2, 0) is 4.79 Å². The number of hydrogen-bond acceptors (Lipinski definition) is 2. The normalized spacial score (nSPS) is 21.1. The van der Waals surface area contributed by atoms with Crippen molar-refractivity contribution in [1.29, 1.82) is 0 Å². The van der Waals surface area contributed by atoms with Crippen molar-refractivity contribution >= 4 is 5.91 Å². The number of hydrogen-bond donors (Lipinski definition) is 1. The second-order valence-corrected chi connectivity index (χ2v) is 6.20. The Morgan fingerprint density at radius 3 is 2.11 bits per heavy atom. The summed E-state index contributed by atoms with van der Waals surface area (Å²) in [4.78, 5) is 14.2. The fourth-order valence-electron chi connectivity index (χ4n) is 2.75. The molecule has 0 bridgehead atoms. The van der Waals surface area contributed by atoms with Gasteiger partial charge >= 0.3 is 0 Å². The van der Waals surface area contributed by atoms with Crippen molar-refractivity contribution < 1.29 is 4.79 Å². The van der Waals surface area contributed by atoms with Crippen LogP contribution in [0.4, 0.5) is 0 Å². The van der Waals surface area contributed by atoms with Crippen molar-refractivity contribution in [1.82, 2.24) is 4.90 Å². The van der Waals surface area contributed by atoms with Crippen LogP contribution in [0.2, 0.25) is 0 Å². The van der Waals surface area contributed by atoms with E-state index in [0.29, 0.717) is 17.8 Å². The van der Waals surface area contributed by atoms with Gasteiger partial charge in [-0.15, -0.1) is 0 Å². The summed E-state index contributed by atoms with van der Waals surface area (Å²) in [6.45, 7) is 10.5. The Bertz CT molecular complexity index is 262. The van der Waals surface area contributed by atoms with Gasteiger partial charge in [-0.25, -0.2) is 0 Å². The molecule has 0 aromatic rings. The molecule has 1 unspecified atom stereocenters. The highest BCUT2D eigenvalue weighted by Gasteiger charge is 2.33. The third kappa shape index (κ3) is 3.71.